The molecule has 5 heteroatoms. The first-order valence-corrected chi connectivity index (χ1v) is 7.98. The zero-order valence-corrected chi connectivity index (χ0v) is 13.5. The highest BCUT2D eigenvalue weighted by atomic mass is 16.5. The first-order valence-electron chi connectivity index (χ1n) is 7.98. The fraction of sp³-hybridized carbons (Fsp3) is 0.263. The fourth-order valence-electron chi connectivity index (χ4n) is 2.40. The number of carbonyl (C=O) groups excluding carboxylic acids is 2. The lowest BCUT2D eigenvalue weighted by atomic mass is 10.1. The Morgan fingerprint density at radius 1 is 1.12 bits per heavy atom. The van der Waals surface area contributed by atoms with Crippen LogP contribution < -0.4 is 15.4 Å². The van der Waals surface area contributed by atoms with Crippen LogP contribution in [0.15, 0.2) is 48.5 Å². The molecule has 124 valence electrons. The van der Waals surface area contributed by atoms with Crippen molar-refractivity contribution in [2.45, 2.75) is 19.4 Å². The molecule has 2 N–H and O–H groups in total. The van der Waals surface area contributed by atoms with Crippen molar-refractivity contribution >= 4 is 17.5 Å². The van der Waals surface area contributed by atoms with E-state index >= 15 is 0 Å². The third kappa shape index (κ3) is 4.13. The first-order chi connectivity index (χ1) is 11.7. The maximum atomic E-state index is 12.2. The smallest absolute Gasteiger partial charge is 0.251 e. The van der Waals surface area contributed by atoms with Crippen molar-refractivity contribution in [3.63, 3.8) is 0 Å². The molecule has 0 aromatic heterocycles. The second-order valence-electron chi connectivity index (χ2n) is 5.88. The summed E-state index contributed by atoms with van der Waals surface area (Å²) in [5.74, 6) is 0.725. The monoisotopic (exact) mass is 324 g/mol. The predicted octanol–water partition coefficient (Wildman–Crippen LogP) is 2.97. The quantitative estimate of drug-likeness (QED) is 0.858. The van der Waals surface area contributed by atoms with Gasteiger partial charge in [-0.15, -0.1) is 0 Å². The van der Waals surface area contributed by atoms with Gasteiger partial charge in [0.2, 0.25) is 5.91 Å². The Balaban J connectivity index is 1.59. The molecule has 24 heavy (non-hydrogen) atoms. The molecule has 1 saturated carbocycles. The normalized spacial score (nSPS) is 13.2. The van der Waals surface area contributed by atoms with Gasteiger partial charge in [0.1, 0.15) is 5.75 Å². The summed E-state index contributed by atoms with van der Waals surface area (Å²) in [6.07, 6.45) is 1.95. The van der Waals surface area contributed by atoms with Gasteiger partial charge in [0.15, 0.2) is 0 Å². The SMILES string of the molecule is COc1cccc(C(=O)NCc2cccc(NC(=O)C3CC3)c2)c1. The van der Waals surface area contributed by atoms with Crippen LogP contribution in [0.5, 0.6) is 5.75 Å². The number of rotatable bonds is 6. The Kier molecular flexibility index (Phi) is 4.79. The molecule has 1 aliphatic rings. The number of carbonyl (C=O) groups is 2. The van der Waals surface area contributed by atoms with Gasteiger partial charge in [0.05, 0.1) is 7.11 Å². The average Bonchev–Trinajstić information content (AvgIpc) is 3.45. The van der Waals surface area contributed by atoms with Crippen LogP contribution in [-0.4, -0.2) is 18.9 Å². The highest BCUT2D eigenvalue weighted by Gasteiger charge is 2.29. The van der Waals surface area contributed by atoms with E-state index in [1.54, 1.807) is 31.4 Å². The predicted molar refractivity (Wildman–Crippen MR) is 92.0 cm³/mol. The number of anilines is 1. The molecule has 0 heterocycles. The van der Waals surface area contributed by atoms with Crippen molar-refractivity contribution in [1.82, 2.24) is 5.32 Å². The van der Waals surface area contributed by atoms with E-state index in [0.717, 1.165) is 24.1 Å². The van der Waals surface area contributed by atoms with Crippen LogP contribution in [0.2, 0.25) is 0 Å². The summed E-state index contributed by atoms with van der Waals surface area (Å²) in [6.45, 7) is 0.392. The van der Waals surface area contributed by atoms with Gasteiger partial charge in [-0.2, -0.15) is 0 Å². The number of amides is 2. The minimum absolute atomic E-state index is 0.0765. The zero-order valence-electron chi connectivity index (χ0n) is 13.5. The second kappa shape index (κ2) is 7.17. The Morgan fingerprint density at radius 3 is 2.67 bits per heavy atom. The third-order valence-electron chi connectivity index (χ3n) is 3.93. The summed E-state index contributed by atoms with van der Waals surface area (Å²) < 4.78 is 5.12. The van der Waals surface area contributed by atoms with Crippen LogP contribution in [0.3, 0.4) is 0 Å². The number of hydrogen-bond donors (Lipinski definition) is 2. The van der Waals surface area contributed by atoms with E-state index < -0.39 is 0 Å². The van der Waals surface area contributed by atoms with Gasteiger partial charge in [0, 0.05) is 23.7 Å². The lowest BCUT2D eigenvalue weighted by Crippen LogP contribution is -2.23. The number of nitrogens with one attached hydrogen (secondary N) is 2. The Morgan fingerprint density at radius 2 is 1.92 bits per heavy atom. The Hall–Kier alpha value is -2.82. The number of ether oxygens (including phenoxy) is 1. The van der Waals surface area contributed by atoms with Gasteiger partial charge in [-0.25, -0.2) is 0 Å². The van der Waals surface area contributed by atoms with E-state index in [4.69, 9.17) is 4.74 Å². The molecule has 2 aromatic rings. The van der Waals surface area contributed by atoms with E-state index in [1.165, 1.54) is 0 Å². The lowest BCUT2D eigenvalue weighted by Gasteiger charge is -2.09. The first kappa shape index (κ1) is 16.1. The molecule has 1 aliphatic carbocycles. The fourth-order valence-corrected chi connectivity index (χ4v) is 2.40. The Labute approximate surface area is 141 Å². The van der Waals surface area contributed by atoms with Crippen molar-refractivity contribution in [2.75, 3.05) is 12.4 Å². The van der Waals surface area contributed by atoms with Gasteiger partial charge in [-0.3, -0.25) is 9.59 Å². The summed E-state index contributed by atoms with van der Waals surface area (Å²) in [6, 6.07) is 14.5. The highest BCUT2D eigenvalue weighted by Crippen LogP contribution is 2.30. The van der Waals surface area contributed by atoms with E-state index in [9.17, 15) is 9.59 Å². The van der Waals surface area contributed by atoms with Gasteiger partial charge in [0.25, 0.3) is 5.91 Å². The summed E-state index contributed by atoms with van der Waals surface area (Å²) in [5, 5.41) is 5.79. The van der Waals surface area contributed by atoms with Crippen molar-refractivity contribution in [3.8, 4) is 5.75 Å². The molecular weight excluding hydrogens is 304 g/mol. The van der Waals surface area contributed by atoms with Gasteiger partial charge >= 0.3 is 0 Å². The van der Waals surface area contributed by atoms with Crippen molar-refractivity contribution < 1.29 is 14.3 Å². The van der Waals surface area contributed by atoms with Gasteiger partial charge < -0.3 is 15.4 Å². The molecule has 2 amide bonds. The molecule has 1 fully saturated rings. The van der Waals surface area contributed by atoms with Crippen LogP contribution in [-0.2, 0) is 11.3 Å². The molecule has 0 spiro atoms. The Bertz CT molecular complexity index is 754. The minimum Gasteiger partial charge on any atom is -0.497 e. The summed E-state index contributed by atoms with van der Waals surface area (Å²) >= 11 is 0. The lowest BCUT2D eigenvalue weighted by molar-refractivity contribution is -0.117. The van der Waals surface area contributed by atoms with E-state index in [2.05, 4.69) is 10.6 Å². The average molecular weight is 324 g/mol. The topological polar surface area (TPSA) is 67.4 Å². The van der Waals surface area contributed by atoms with Crippen LogP contribution >= 0.6 is 0 Å². The van der Waals surface area contributed by atoms with E-state index in [0.29, 0.717) is 17.9 Å². The van der Waals surface area contributed by atoms with E-state index in [-0.39, 0.29) is 17.7 Å². The summed E-state index contributed by atoms with van der Waals surface area (Å²) in [5.41, 5.74) is 2.24. The van der Waals surface area contributed by atoms with Crippen LogP contribution in [0.1, 0.15) is 28.8 Å². The molecule has 2 aromatic carbocycles. The standard InChI is InChI=1S/C19H20N2O3/c1-24-17-7-3-5-15(11-17)18(22)20-12-13-4-2-6-16(10-13)21-19(23)14-8-9-14/h2-7,10-11,14H,8-9,12H2,1H3,(H,20,22)(H,21,23). The third-order valence-corrected chi connectivity index (χ3v) is 3.93. The molecule has 0 bridgehead atoms. The minimum atomic E-state index is -0.165. The van der Waals surface area contributed by atoms with Gasteiger partial charge in [-0.1, -0.05) is 18.2 Å². The molecule has 0 aliphatic heterocycles. The van der Waals surface area contributed by atoms with Crippen molar-refractivity contribution in [1.29, 1.82) is 0 Å². The molecular formula is C19H20N2O3. The number of hydrogen-bond acceptors (Lipinski definition) is 3. The molecule has 0 saturated heterocycles. The number of benzene rings is 2. The summed E-state index contributed by atoms with van der Waals surface area (Å²) in [4.78, 5) is 24.0. The molecule has 0 radical (unpaired) electrons. The number of methoxy groups -OCH3 is 1. The molecule has 5 nitrogen and oxygen atoms in total. The van der Waals surface area contributed by atoms with Crippen LogP contribution in [0.25, 0.3) is 0 Å². The van der Waals surface area contributed by atoms with Crippen LogP contribution in [0, 0.1) is 5.92 Å². The van der Waals surface area contributed by atoms with Crippen molar-refractivity contribution in [3.05, 3.63) is 59.7 Å². The molecule has 0 atom stereocenters. The zero-order chi connectivity index (χ0) is 16.9. The molecule has 3 rings (SSSR count). The molecule has 0 unspecified atom stereocenters. The van der Waals surface area contributed by atoms with Crippen LogP contribution in [0.4, 0.5) is 5.69 Å². The van der Waals surface area contributed by atoms with Gasteiger partial charge in [-0.05, 0) is 48.7 Å². The summed E-state index contributed by atoms with van der Waals surface area (Å²) in [7, 11) is 1.57. The van der Waals surface area contributed by atoms with E-state index in [1.807, 2.05) is 24.3 Å². The second-order valence-corrected chi connectivity index (χ2v) is 5.88. The largest absolute Gasteiger partial charge is 0.497 e. The highest BCUT2D eigenvalue weighted by molar-refractivity contribution is 5.95. The maximum Gasteiger partial charge on any atom is 0.251 e. The maximum absolute atomic E-state index is 12.2. The van der Waals surface area contributed by atoms with Crippen molar-refractivity contribution in [2.24, 2.45) is 5.92 Å².